The van der Waals surface area contributed by atoms with Crippen molar-refractivity contribution in [3.8, 4) is 0 Å². The van der Waals surface area contributed by atoms with Crippen LogP contribution in [0.2, 0.25) is 0 Å². The summed E-state index contributed by atoms with van der Waals surface area (Å²) in [4.78, 5) is 4.81. The molecule has 2 rings (SSSR count). The Balaban J connectivity index is 2.11. The zero-order valence-electron chi connectivity index (χ0n) is 11.7. The molecule has 0 unspecified atom stereocenters. The summed E-state index contributed by atoms with van der Waals surface area (Å²) in [6.45, 7) is 10.6. The average molecular weight is 247 g/mol. The van der Waals surface area contributed by atoms with Crippen molar-refractivity contribution in [2.75, 3.05) is 33.4 Å². The summed E-state index contributed by atoms with van der Waals surface area (Å²) in [6, 6.07) is 0.629. The van der Waals surface area contributed by atoms with E-state index in [-0.39, 0.29) is 0 Å². The second-order valence-corrected chi connectivity index (χ2v) is 5.40. The van der Waals surface area contributed by atoms with Crippen LogP contribution in [0.15, 0.2) is 36.1 Å². The molecule has 0 atom stereocenters. The Morgan fingerprint density at radius 3 is 2.72 bits per heavy atom. The molecule has 0 aliphatic carbocycles. The van der Waals surface area contributed by atoms with Crippen molar-refractivity contribution in [3.63, 3.8) is 0 Å². The minimum absolute atomic E-state index is 0.629. The van der Waals surface area contributed by atoms with E-state index in [1.807, 2.05) is 0 Å². The van der Waals surface area contributed by atoms with Crippen molar-refractivity contribution in [3.05, 3.63) is 36.1 Å². The largest absolute Gasteiger partial charge is 0.356 e. The molecule has 1 fully saturated rings. The molecule has 1 saturated heterocycles. The Morgan fingerprint density at radius 2 is 2.00 bits per heavy atom. The van der Waals surface area contributed by atoms with Crippen LogP contribution in [0.25, 0.3) is 0 Å². The first-order chi connectivity index (χ1) is 8.66. The number of piperidine rings is 1. The number of hydrogen-bond donors (Lipinski definition) is 1. The van der Waals surface area contributed by atoms with E-state index in [9.17, 15) is 0 Å². The summed E-state index contributed by atoms with van der Waals surface area (Å²) < 4.78 is 0. The highest BCUT2D eigenvalue weighted by Gasteiger charge is 2.22. The fourth-order valence-corrected chi connectivity index (χ4v) is 2.57. The highest BCUT2D eigenvalue weighted by atomic mass is 15.3. The van der Waals surface area contributed by atoms with Gasteiger partial charge in [0.25, 0.3) is 0 Å². The molecule has 0 bridgehead atoms. The second kappa shape index (κ2) is 6.21. The SMILES string of the molecule is C=C1/C=C\C(C)=C/CN(C)CN1C1CCNCC1. The molecular formula is C15H25N3. The molecule has 0 radical (unpaired) electrons. The van der Waals surface area contributed by atoms with E-state index in [1.54, 1.807) is 0 Å². The van der Waals surface area contributed by atoms with E-state index in [1.165, 1.54) is 18.4 Å². The van der Waals surface area contributed by atoms with Crippen LogP contribution < -0.4 is 5.32 Å². The van der Waals surface area contributed by atoms with Gasteiger partial charge < -0.3 is 10.2 Å². The third-order valence-electron chi connectivity index (χ3n) is 3.78. The van der Waals surface area contributed by atoms with Gasteiger partial charge in [0.1, 0.15) is 0 Å². The molecule has 0 aromatic rings. The van der Waals surface area contributed by atoms with Crippen LogP contribution in [-0.2, 0) is 0 Å². The molecule has 0 amide bonds. The molecule has 3 nitrogen and oxygen atoms in total. The maximum absolute atomic E-state index is 4.25. The second-order valence-electron chi connectivity index (χ2n) is 5.40. The van der Waals surface area contributed by atoms with Gasteiger partial charge in [-0.3, -0.25) is 4.90 Å². The minimum atomic E-state index is 0.629. The summed E-state index contributed by atoms with van der Waals surface area (Å²) in [5, 5.41) is 3.43. The quantitative estimate of drug-likeness (QED) is 0.764. The molecular weight excluding hydrogens is 222 g/mol. The average Bonchev–Trinajstić information content (AvgIpc) is 2.45. The van der Waals surface area contributed by atoms with Crippen LogP contribution in [0, 0.1) is 0 Å². The van der Waals surface area contributed by atoms with Crippen molar-refractivity contribution in [1.29, 1.82) is 0 Å². The van der Waals surface area contributed by atoms with Crippen LogP contribution >= 0.6 is 0 Å². The van der Waals surface area contributed by atoms with Crippen LogP contribution in [0.4, 0.5) is 0 Å². The topological polar surface area (TPSA) is 18.5 Å². The zero-order valence-corrected chi connectivity index (χ0v) is 11.7. The van der Waals surface area contributed by atoms with E-state index in [0.29, 0.717) is 6.04 Å². The molecule has 100 valence electrons. The van der Waals surface area contributed by atoms with Crippen LogP contribution in [-0.4, -0.2) is 49.2 Å². The third kappa shape index (κ3) is 3.47. The Kier molecular flexibility index (Phi) is 4.61. The van der Waals surface area contributed by atoms with Gasteiger partial charge in [0.15, 0.2) is 0 Å². The lowest BCUT2D eigenvalue weighted by atomic mass is 10.0. The summed E-state index contributed by atoms with van der Waals surface area (Å²) in [7, 11) is 2.18. The standard InChI is InChI=1S/C15H25N3/c1-13-4-5-14(2)18(12-17(3)11-8-13)15-6-9-16-10-7-15/h4-5,8,15-16H,2,6-7,9-12H2,1,3H3/b5-4-,13-8-. The lowest BCUT2D eigenvalue weighted by Crippen LogP contribution is -2.46. The molecule has 0 aromatic carbocycles. The number of likely N-dealkylation sites (N-methyl/N-ethyl adjacent to an activating group) is 1. The van der Waals surface area contributed by atoms with Gasteiger partial charge in [-0.15, -0.1) is 0 Å². The van der Waals surface area contributed by atoms with E-state index < -0.39 is 0 Å². The van der Waals surface area contributed by atoms with Crippen molar-refractivity contribution >= 4 is 0 Å². The van der Waals surface area contributed by atoms with Gasteiger partial charge in [-0.1, -0.05) is 24.3 Å². The van der Waals surface area contributed by atoms with Crippen LogP contribution in [0.3, 0.4) is 0 Å². The summed E-state index contributed by atoms with van der Waals surface area (Å²) >= 11 is 0. The summed E-state index contributed by atoms with van der Waals surface area (Å²) in [6.07, 6.45) is 9.04. The molecule has 0 saturated carbocycles. The van der Waals surface area contributed by atoms with Gasteiger partial charge >= 0.3 is 0 Å². The zero-order chi connectivity index (χ0) is 13.0. The van der Waals surface area contributed by atoms with Crippen molar-refractivity contribution < 1.29 is 0 Å². The number of nitrogens with one attached hydrogen (secondary N) is 1. The number of hydrogen-bond acceptors (Lipinski definition) is 3. The van der Waals surface area contributed by atoms with Gasteiger partial charge in [-0.2, -0.15) is 0 Å². The van der Waals surface area contributed by atoms with Gasteiger partial charge in [0, 0.05) is 18.3 Å². The van der Waals surface area contributed by atoms with Gasteiger partial charge in [0.2, 0.25) is 0 Å². The number of nitrogens with zero attached hydrogens (tertiary/aromatic N) is 2. The lowest BCUT2D eigenvalue weighted by Gasteiger charge is -2.38. The molecule has 3 heteroatoms. The number of rotatable bonds is 1. The normalized spacial score (nSPS) is 29.1. The highest BCUT2D eigenvalue weighted by Crippen LogP contribution is 2.19. The van der Waals surface area contributed by atoms with Gasteiger partial charge in [-0.05, 0) is 46.0 Å². The number of allylic oxidation sites excluding steroid dienone is 3. The van der Waals surface area contributed by atoms with E-state index >= 15 is 0 Å². The van der Waals surface area contributed by atoms with E-state index in [0.717, 1.165) is 32.0 Å². The molecule has 2 aliphatic heterocycles. The molecule has 2 heterocycles. The molecule has 1 N–H and O–H groups in total. The Hall–Kier alpha value is -1.06. The monoisotopic (exact) mass is 247 g/mol. The molecule has 0 aromatic heterocycles. The predicted molar refractivity (Wildman–Crippen MR) is 77.3 cm³/mol. The molecule has 2 aliphatic rings. The maximum atomic E-state index is 4.25. The van der Waals surface area contributed by atoms with E-state index in [4.69, 9.17) is 0 Å². The lowest BCUT2D eigenvalue weighted by molar-refractivity contribution is 0.138. The molecule has 18 heavy (non-hydrogen) atoms. The Bertz CT molecular complexity index is 351. The Labute approximate surface area is 111 Å². The van der Waals surface area contributed by atoms with Crippen LogP contribution in [0.5, 0.6) is 0 Å². The van der Waals surface area contributed by atoms with Crippen LogP contribution in [0.1, 0.15) is 19.8 Å². The Morgan fingerprint density at radius 1 is 1.28 bits per heavy atom. The minimum Gasteiger partial charge on any atom is -0.356 e. The van der Waals surface area contributed by atoms with Crippen molar-refractivity contribution in [1.82, 2.24) is 15.1 Å². The molecule has 0 spiro atoms. The van der Waals surface area contributed by atoms with Crippen molar-refractivity contribution in [2.45, 2.75) is 25.8 Å². The van der Waals surface area contributed by atoms with Crippen molar-refractivity contribution in [2.24, 2.45) is 0 Å². The predicted octanol–water partition coefficient (Wildman–Crippen LogP) is 1.96. The summed E-state index contributed by atoms with van der Waals surface area (Å²) in [5.41, 5.74) is 2.46. The van der Waals surface area contributed by atoms with E-state index in [2.05, 4.69) is 53.9 Å². The third-order valence-corrected chi connectivity index (χ3v) is 3.78. The first-order valence-corrected chi connectivity index (χ1v) is 6.86. The highest BCUT2D eigenvalue weighted by molar-refractivity contribution is 5.25. The first-order valence-electron chi connectivity index (χ1n) is 6.86. The fourth-order valence-electron chi connectivity index (χ4n) is 2.57. The maximum Gasteiger partial charge on any atom is 0.0710 e. The smallest absolute Gasteiger partial charge is 0.0710 e. The summed E-state index contributed by atoms with van der Waals surface area (Å²) in [5.74, 6) is 0. The van der Waals surface area contributed by atoms with Gasteiger partial charge in [-0.25, -0.2) is 0 Å². The fraction of sp³-hybridized carbons (Fsp3) is 0.600. The van der Waals surface area contributed by atoms with Gasteiger partial charge in [0.05, 0.1) is 6.67 Å². The first kappa shape index (κ1) is 13.4.